The Balaban J connectivity index is 3.83. The molecule has 0 aliphatic heterocycles. The maximum Gasteiger partial charge on any atom is 0.325 e. The normalized spacial score (nSPS) is 16.2. The number of esters is 1. The highest BCUT2D eigenvalue weighted by Gasteiger charge is 2.19. The molecule has 2 unspecified atom stereocenters. The highest BCUT2D eigenvalue weighted by Crippen LogP contribution is 2.01. The second-order valence-corrected chi connectivity index (χ2v) is 2.81. The smallest absolute Gasteiger partial charge is 0.325 e. The Kier molecular flexibility index (Phi) is 4.07. The fraction of sp³-hybridized carbons (Fsp3) is 0.857. The molecule has 66 valence electrons. The second-order valence-electron chi connectivity index (χ2n) is 2.81. The number of aliphatic hydroxyl groups excluding tert-OH is 1. The van der Waals surface area contributed by atoms with Gasteiger partial charge in [0.1, 0.15) is 6.04 Å². The number of nitrogens with two attached hydrogens (primary N) is 1. The Labute approximate surface area is 66.3 Å². The zero-order chi connectivity index (χ0) is 9.02. The molecule has 11 heavy (non-hydrogen) atoms. The van der Waals surface area contributed by atoms with Crippen molar-refractivity contribution < 1.29 is 14.6 Å². The number of rotatable bonds is 3. The third-order valence-corrected chi connectivity index (χ3v) is 1.28. The molecule has 4 nitrogen and oxygen atoms in total. The van der Waals surface area contributed by atoms with Crippen molar-refractivity contribution >= 4 is 5.97 Å². The van der Waals surface area contributed by atoms with Gasteiger partial charge in [0.05, 0.1) is 0 Å². The Morgan fingerprint density at radius 3 is 2.18 bits per heavy atom. The van der Waals surface area contributed by atoms with Gasteiger partial charge in [-0.1, -0.05) is 13.8 Å². The average Bonchev–Trinajstić information content (AvgIpc) is 1.84. The third-order valence-electron chi connectivity index (χ3n) is 1.28. The Hall–Kier alpha value is -0.610. The van der Waals surface area contributed by atoms with Gasteiger partial charge in [-0.2, -0.15) is 0 Å². The van der Waals surface area contributed by atoms with Crippen LogP contribution in [0.2, 0.25) is 0 Å². The molecule has 0 aromatic rings. The SMILES string of the molecule is CC(O)OC(=O)C(N)C(C)C. The fourth-order valence-electron chi connectivity index (χ4n) is 0.519. The number of carbonyl (C=O) groups is 1. The summed E-state index contributed by atoms with van der Waals surface area (Å²) in [7, 11) is 0. The predicted molar refractivity (Wildman–Crippen MR) is 40.6 cm³/mol. The molecule has 0 fully saturated rings. The van der Waals surface area contributed by atoms with Crippen LogP contribution in [0.3, 0.4) is 0 Å². The van der Waals surface area contributed by atoms with Crippen LogP contribution in [0.1, 0.15) is 20.8 Å². The first-order chi connectivity index (χ1) is 4.95. The minimum Gasteiger partial charge on any atom is -0.435 e. The monoisotopic (exact) mass is 161 g/mol. The van der Waals surface area contributed by atoms with Gasteiger partial charge in [-0.05, 0) is 12.8 Å². The quantitative estimate of drug-likeness (QED) is 0.446. The van der Waals surface area contributed by atoms with Crippen molar-refractivity contribution in [2.75, 3.05) is 0 Å². The minimum atomic E-state index is -1.08. The van der Waals surface area contributed by atoms with E-state index in [1.165, 1.54) is 6.92 Å². The van der Waals surface area contributed by atoms with Crippen LogP contribution >= 0.6 is 0 Å². The molecule has 0 bridgehead atoms. The maximum atomic E-state index is 10.9. The van der Waals surface area contributed by atoms with Gasteiger partial charge in [0.15, 0.2) is 6.29 Å². The van der Waals surface area contributed by atoms with Gasteiger partial charge >= 0.3 is 5.97 Å². The van der Waals surface area contributed by atoms with Crippen LogP contribution in [0, 0.1) is 5.92 Å². The topological polar surface area (TPSA) is 72.5 Å². The molecule has 0 heterocycles. The molecule has 2 atom stereocenters. The van der Waals surface area contributed by atoms with E-state index in [1.54, 1.807) is 0 Å². The van der Waals surface area contributed by atoms with E-state index in [1.807, 2.05) is 13.8 Å². The summed E-state index contributed by atoms with van der Waals surface area (Å²) in [6.45, 7) is 4.99. The summed E-state index contributed by atoms with van der Waals surface area (Å²) in [5.41, 5.74) is 5.42. The average molecular weight is 161 g/mol. The van der Waals surface area contributed by atoms with Crippen molar-refractivity contribution in [3.63, 3.8) is 0 Å². The van der Waals surface area contributed by atoms with E-state index in [2.05, 4.69) is 4.74 Å². The largest absolute Gasteiger partial charge is 0.435 e. The van der Waals surface area contributed by atoms with Crippen molar-refractivity contribution in [2.24, 2.45) is 11.7 Å². The van der Waals surface area contributed by atoms with Crippen molar-refractivity contribution in [1.82, 2.24) is 0 Å². The van der Waals surface area contributed by atoms with E-state index in [4.69, 9.17) is 10.8 Å². The first kappa shape index (κ1) is 10.4. The van der Waals surface area contributed by atoms with E-state index in [0.717, 1.165) is 0 Å². The molecule has 0 rings (SSSR count). The molecule has 0 spiro atoms. The lowest BCUT2D eigenvalue weighted by molar-refractivity contribution is -0.167. The zero-order valence-electron chi connectivity index (χ0n) is 7.07. The number of hydrogen-bond donors (Lipinski definition) is 2. The highest BCUT2D eigenvalue weighted by atomic mass is 16.6. The Bertz CT molecular complexity index is 134. The molecule has 0 aromatic heterocycles. The lowest BCUT2D eigenvalue weighted by Crippen LogP contribution is -2.38. The Morgan fingerprint density at radius 2 is 1.91 bits per heavy atom. The van der Waals surface area contributed by atoms with Crippen LogP contribution in [0.25, 0.3) is 0 Å². The molecule has 0 saturated heterocycles. The molecule has 0 aromatic carbocycles. The molecule has 0 amide bonds. The number of carbonyl (C=O) groups excluding carboxylic acids is 1. The van der Waals surface area contributed by atoms with E-state index in [-0.39, 0.29) is 5.92 Å². The highest BCUT2D eigenvalue weighted by molar-refractivity contribution is 5.75. The van der Waals surface area contributed by atoms with Gasteiger partial charge in [0.25, 0.3) is 0 Å². The molecule has 3 N–H and O–H groups in total. The van der Waals surface area contributed by atoms with Crippen LogP contribution in [-0.2, 0) is 9.53 Å². The van der Waals surface area contributed by atoms with E-state index >= 15 is 0 Å². The van der Waals surface area contributed by atoms with Crippen molar-refractivity contribution in [3.05, 3.63) is 0 Å². The first-order valence-corrected chi connectivity index (χ1v) is 3.59. The van der Waals surface area contributed by atoms with Crippen LogP contribution in [-0.4, -0.2) is 23.4 Å². The van der Waals surface area contributed by atoms with Gasteiger partial charge in [0, 0.05) is 0 Å². The van der Waals surface area contributed by atoms with Gasteiger partial charge in [0.2, 0.25) is 0 Å². The molecule has 0 saturated carbocycles. The summed E-state index contributed by atoms with van der Waals surface area (Å²) in [4.78, 5) is 10.9. The summed E-state index contributed by atoms with van der Waals surface area (Å²) >= 11 is 0. The van der Waals surface area contributed by atoms with Gasteiger partial charge in [-0.3, -0.25) is 4.79 Å². The van der Waals surface area contributed by atoms with Crippen LogP contribution in [0.4, 0.5) is 0 Å². The lowest BCUT2D eigenvalue weighted by atomic mass is 10.1. The summed E-state index contributed by atoms with van der Waals surface area (Å²) in [5.74, 6) is -0.531. The van der Waals surface area contributed by atoms with Crippen molar-refractivity contribution in [3.8, 4) is 0 Å². The van der Waals surface area contributed by atoms with Crippen molar-refractivity contribution in [1.29, 1.82) is 0 Å². The third kappa shape index (κ3) is 3.95. The van der Waals surface area contributed by atoms with E-state index in [9.17, 15) is 4.79 Å². The minimum absolute atomic E-state index is 0.0289. The summed E-state index contributed by atoms with van der Waals surface area (Å²) in [5, 5.41) is 8.65. The van der Waals surface area contributed by atoms with E-state index in [0.29, 0.717) is 0 Å². The summed E-state index contributed by atoms with van der Waals surface area (Å²) in [6.07, 6.45) is -1.08. The van der Waals surface area contributed by atoms with Gasteiger partial charge in [-0.25, -0.2) is 0 Å². The molecule has 0 radical (unpaired) electrons. The molecule has 0 aliphatic rings. The van der Waals surface area contributed by atoms with Crippen LogP contribution in [0.5, 0.6) is 0 Å². The summed E-state index contributed by atoms with van der Waals surface area (Å²) in [6, 6.07) is -0.649. The number of ether oxygens (including phenoxy) is 1. The molecule has 0 aliphatic carbocycles. The first-order valence-electron chi connectivity index (χ1n) is 3.59. The predicted octanol–water partition coefficient (Wildman–Crippen LogP) is -0.149. The fourth-order valence-corrected chi connectivity index (χ4v) is 0.519. The van der Waals surface area contributed by atoms with Gasteiger partial charge < -0.3 is 15.6 Å². The molecule has 4 heteroatoms. The molecular formula is C7H15NO3. The summed E-state index contributed by atoms with van der Waals surface area (Å²) < 4.78 is 4.46. The second kappa shape index (κ2) is 4.31. The standard InChI is InChI=1S/C7H15NO3/c1-4(2)6(8)7(10)11-5(3)9/h4-6,9H,8H2,1-3H3. The Morgan fingerprint density at radius 1 is 1.45 bits per heavy atom. The van der Waals surface area contributed by atoms with Crippen molar-refractivity contribution in [2.45, 2.75) is 33.1 Å². The molecular weight excluding hydrogens is 146 g/mol. The van der Waals surface area contributed by atoms with Crippen LogP contribution in [0.15, 0.2) is 0 Å². The zero-order valence-corrected chi connectivity index (χ0v) is 7.07. The van der Waals surface area contributed by atoms with E-state index < -0.39 is 18.3 Å². The number of hydrogen-bond acceptors (Lipinski definition) is 4. The maximum absolute atomic E-state index is 10.9. The van der Waals surface area contributed by atoms with Crippen LogP contribution < -0.4 is 5.73 Å². The lowest BCUT2D eigenvalue weighted by Gasteiger charge is -2.15. The number of aliphatic hydroxyl groups is 1. The van der Waals surface area contributed by atoms with Gasteiger partial charge in [-0.15, -0.1) is 0 Å².